The Labute approximate surface area is 117 Å². The second-order valence-corrected chi connectivity index (χ2v) is 6.79. The van der Waals surface area contributed by atoms with Gasteiger partial charge in [0.05, 0.1) is 5.75 Å². The predicted octanol–water partition coefficient (Wildman–Crippen LogP) is 2.70. The lowest BCUT2D eigenvalue weighted by Gasteiger charge is -2.05. The lowest BCUT2D eigenvalue weighted by Crippen LogP contribution is -2.09. The Morgan fingerprint density at radius 3 is 2.60 bits per heavy atom. The number of hydrogen-bond donors (Lipinski definition) is 1. The molecule has 0 bridgehead atoms. The van der Waals surface area contributed by atoms with Crippen LogP contribution in [0.2, 0.25) is 0 Å². The summed E-state index contributed by atoms with van der Waals surface area (Å²) in [6.07, 6.45) is 0. The summed E-state index contributed by atoms with van der Waals surface area (Å²) in [4.78, 5) is 10.00. The average molecular weight is 318 g/mol. The minimum absolute atomic E-state index is 0.0474. The number of carbonyl (C=O) groups is 1. The summed E-state index contributed by atoms with van der Waals surface area (Å²) in [6.45, 7) is 0. The zero-order chi connectivity index (χ0) is 14.9. The van der Waals surface area contributed by atoms with Crippen LogP contribution in [0.1, 0.15) is 15.2 Å². The molecule has 0 unspecified atom stereocenters. The van der Waals surface area contributed by atoms with E-state index < -0.39 is 38.1 Å². The van der Waals surface area contributed by atoms with Crippen molar-refractivity contribution >= 4 is 27.1 Å². The first-order valence-corrected chi connectivity index (χ1v) is 7.82. The third-order valence-electron chi connectivity index (χ3n) is 2.51. The van der Waals surface area contributed by atoms with Gasteiger partial charge in [-0.05, 0) is 35.2 Å². The Balaban J connectivity index is 2.44. The van der Waals surface area contributed by atoms with E-state index in [9.17, 15) is 22.0 Å². The lowest BCUT2D eigenvalue weighted by atomic mass is 10.3. The summed E-state index contributed by atoms with van der Waals surface area (Å²) in [5.41, 5.74) is 0.0474. The molecule has 0 aliphatic carbocycles. The van der Waals surface area contributed by atoms with Crippen LogP contribution in [0.15, 0.2) is 34.5 Å². The highest BCUT2D eigenvalue weighted by Gasteiger charge is 2.24. The van der Waals surface area contributed by atoms with Crippen LogP contribution >= 0.6 is 11.3 Å². The highest BCUT2D eigenvalue weighted by molar-refractivity contribution is 7.90. The second kappa shape index (κ2) is 5.29. The van der Waals surface area contributed by atoms with Crippen molar-refractivity contribution < 1.29 is 27.1 Å². The van der Waals surface area contributed by atoms with Gasteiger partial charge in [0.1, 0.15) is 21.4 Å². The smallest absolute Gasteiger partial charge is 0.346 e. The van der Waals surface area contributed by atoms with Crippen LogP contribution in [0, 0.1) is 11.6 Å². The van der Waals surface area contributed by atoms with Gasteiger partial charge in [-0.3, -0.25) is 0 Å². The first-order chi connectivity index (χ1) is 9.31. The Hall–Kier alpha value is -1.80. The minimum Gasteiger partial charge on any atom is -0.477 e. The zero-order valence-corrected chi connectivity index (χ0v) is 11.5. The Bertz CT molecular complexity index is 766. The van der Waals surface area contributed by atoms with Crippen LogP contribution in [-0.4, -0.2) is 19.5 Å². The van der Waals surface area contributed by atoms with Crippen LogP contribution in [0.25, 0.3) is 0 Å². The highest BCUT2D eigenvalue weighted by Crippen LogP contribution is 2.25. The molecule has 0 saturated heterocycles. The molecular formula is C12H8F2O4S2. The molecule has 2 aromatic rings. The van der Waals surface area contributed by atoms with Gasteiger partial charge in [0, 0.05) is 0 Å². The quantitative estimate of drug-likeness (QED) is 0.941. The number of halogens is 2. The average Bonchev–Trinajstić information content (AvgIpc) is 2.79. The van der Waals surface area contributed by atoms with E-state index in [2.05, 4.69) is 0 Å². The minimum atomic E-state index is -4.16. The van der Waals surface area contributed by atoms with Crippen molar-refractivity contribution in [3.05, 3.63) is 51.7 Å². The third-order valence-corrected chi connectivity index (χ3v) is 5.13. The van der Waals surface area contributed by atoms with E-state index in [0.717, 1.165) is 17.4 Å². The van der Waals surface area contributed by atoms with Crippen LogP contribution < -0.4 is 0 Å². The van der Waals surface area contributed by atoms with E-state index in [-0.39, 0.29) is 10.4 Å². The summed E-state index contributed by atoms with van der Waals surface area (Å²) in [6, 6.07) is 3.44. The van der Waals surface area contributed by atoms with Gasteiger partial charge < -0.3 is 5.11 Å². The maximum Gasteiger partial charge on any atom is 0.346 e. The van der Waals surface area contributed by atoms with E-state index in [1.54, 1.807) is 0 Å². The third kappa shape index (κ3) is 2.86. The van der Waals surface area contributed by atoms with E-state index in [1.807, 2.05) is 0 Å². The normalized spacial score (nSPS) is 11.5. The number of carboxylic acids is 1. The lowest BCUT2D eigenvalue weighted by molar-refractivity contribution is 0.0701. The SMILES string of the molecule is O=C(O)c1sccc1CS(=O)(=O)c1cc(F)ccc1F. The number of hydrogen-bond acceptors (Lipinski definition) is 4. The Morgan fingerprint density at radius 2 is 1.95 bits per heavy atom. The number of rotatable bonds is 4. The molecule has 4 nitrogen and oxygen atoms in total. The summed E-state index contributed by atoms with van der Waals surface area (Å²) >= 11 is 0.869. The predicted molar refractivity (Wildman–Crippen MR) is 68.5 cm³/mol. The number of thiophene rings is 1. The Kier molecular flexibility index (Phi) is 3.87. The summed E-state index contributed by atoms with van der Waals surface area (Å²) < 4.78 is 50.6. The molecule has 0 fully saturated rings. The molecule has 1 aromatic heterocycles. The van der Waals surface area contributed by atoms with Crippen molar-refractivity contribution in [2.24, 2.45) is 0 Å². The summed E-state index contributed by atoms with van der Waals surface area (Å²) in [5.74, 6) is -3.91. The van der Waals surface area contributed by atoms with E-state index >= 15 is 0 Å². The summed E-state index contributed by atoms with van der Waals surface area (Å²) in [7, 11) is -4.16. The van der Waals surface area contributed by atoms with Gasteiger partial charge in [0.15, 0.2) is 9.84 Å². The molecule has 0 spiro atoms. The standard InChI is InChI=1S/C12H8F2O4S2/c13-8-1-2-9(14)10(5-8)20(17,18)6-7-3-4-19-11(7)12(15)16/h1-5H,6H2,(H,15,16). The van der Waals surface area contributed by atoms with Crippen molar-refractivity contribution in [3.63, 3.8) is 0 Å². The van der Waals surface area contributed by atoms with Crippen LogP contribution in [0.5, 0.6) is 0 Å². The van der Waals surface area contributed by atoms with Crippen molar-refractivity contribution in [2.45, 2.75) is 10.6 Å². The highest BCUT2D eigenvalue weighted by atomic mass is 32.2. The molecular weight excluding hydrogens is 310 g/mol. The number of sulfone groups is 1. The van der Waals surface area contributed by atoms with Crippen LogP contribution in [0.3, 0.4) is 0 Å². The first-order valence-electron chi connectivity index (χ1n) is 5.29. The molecule has 0 saturated carbocycles. The van der Waals surface area contributed by atoms with E-state index in [0.29, 0.717) is 12.1 Å². The molecule has 1 heterocycles. The van der Waals surface area contributed by atoms with Crippen LogP contribution in [0.4, 0.5) is 8.78 Å². The largest absolute Gasteiger partial charge is 0.477 e. The number of aromatic carboxylic acids is 1. The van der Waals surface area contributed by atoms with Crippen LogP contribution in [-0.2, 0) is 15.6 Å². The van der Waals surface area contributed by atoms with Gasteiger partial charge in [-0.25, -0.2) is 22.0 Å². The molecule has 1 aromatic carbocycles. The van der Waals surface area contributed by atoms with E-state index in [1.165, 1.54) is 11.4 Å². The molecule has 2 rings (SSSR count). The van der Waals surface area contributed by atoms with Crippen molar-refractivity contribution in [1.82, 2.24) is 0 Å². The van der Waals surface area contributed by atoms with Gasteiger partial charge in [-0.2, -0.15) is 0 Å². The maximum atomic E-state index is 13.5. The first kappa shape index (κ1) is 14.6. The van der Waals surface area contributed by atoms with Gasteiger partial charge in [-0.1, -0.05) is 0 Å². The number of carboxylic acid groups (broad SMARTS) is 1. The Morgan fingerprint density at radius 1 is 1.25 bits per heavy atom. The molecule has 106 valence electrons. The molecule has 0 amide bonds. The molecule has 1 N–H and O–H groups in total. The van der Waals surface area contributed by atoms with E-state index in [4.69, 9.17) is 5.11 Å². The van der Waals surface area contributed by atoms with Gasteiger partial charge in [0.2, 0.25) is 0 Å². The second-order valence-electron chi connectivity index (χ2n) is 3.91. The topological polar surface area (TPSA) is 71.4 Å². The van der Waals surface area contributed by atoms with Crippen molar-refractivity contribution in [1.29, 1.82) is 0 Å². The fourth-order valence-electron chi connectivity index (χ4n) is 1.63. The van der Waals surface area contributed by atoms with Gasteiger partial charge >= 0.3 is 5.97 Å². The number of benzene rings is 1. The van der Waals surface area contributed by atoms with Crippen molar-refractivity contribution in [3.8, 4) is 0 Å². The molecule has 0 aliphatic rings. The molecule has 0 aliphatic heterocycles. The fourth-order valence-corrected chi connectivity index (χ4v) is 3.95. The molecule has 0 radical (unpaired) electrons. The molecule has 0 atom stereocenters. The van der Waals surface area contributed by atoms with Crippen molar-refractivity contribution in [2.75, 3.05) is 0 Å². The molecule has 20 heavy (non-hydrogen) atoms. The fraction of sp³-hybridized carbons (Fsp3) is 0.0833. The molecule has 8 heteroatoms. The summed E-state index contributed by atoms with van der Waals surface area (Å²) in [5, 5.41) is 10.3. The maximum absolute atomic E-state index is 13.5. The van der Waals surface area contributed by atoms with Gasteiger partial charge in [0.25, 0.3) is 0 Å². The van der Waals surface area contributed by atoms with Gasteiger partial charge in [-0.15, -0.1) is 11.3 Å². The zero-order valence-electron chi connectivity index (χ0n) is 9.84. The monoisotopic (exact) mass is 318 g/mol.